The maximum Gasteiger partial charge on any atom is 0.111 e. The predicted octanol–water partition coefficient (Wildman–Crippen LogP) is 3.58. The number of hydrogen-bond acceptors (Lipinski definition) is 1. The van der Waals surface area contributed by atoms with Gasteiger partial charge in [0.15, 0.2) is 0 Å². The zero-order valence-corrected chi connectivity index (χ0v) is 9.60. The molecule has 2 aliphatic carbocycles. The van der Waals surface area contributed by atoms with Gasteiger partial charge in [-0.2, -0.15) is 0 Å². The quantitative estimate of drug-likeness (QED) is 0.652. The fourth-order valence-electron chi connectivity index (χ4n) is 3.29. The van der Waals surface area contributed by atoms with E-state index in [9.17, 15) is 0 Å². The van der Waals surface area contributed by atoms with Gasteiger partial charge in [0.05, 0.1) is 11.7 Å². The smallest absolute Gasteiger partial charge is 0.111 e. The lowest BCUT2D eigenvalue weighted by Gasteiger charge is -2.45. The number of ether oxygens (including phenoxy) is 1. The van der Waals surface area contributed by atoms with Crippen molar-refractivity contribution in [3.63, 3.8) is 0 Å². The fourth-order valence-corrected chi connectivity index (χ4v) is 3.29. The molecule has 3 aliphatic rings. The fraction of sp³-hybridized carbons (Fsp3) is 0.250. The van der Waals surface area contributed by atoms with E-state index in [1.807, 2.05) is 12.3 Å². The molecule has 0 saturated heterocycles. The van der Waals surface area contributed by atoms with E-state index in [1.165, 1.54) is 23.1 Å². The second-order valence-electron chi connectivity index (χ2n) is 5.04. The van der Waals surface area contributed by atoms with Crippen molar-refractivity contribution in [2.75, 3.05) is 0 Å². The molecule has 1 saturated carbocycles. The lowest BCUT2D eigenvalue weighted by molar-refractivity contribution is 0.00912. The molecular weight excluding hydrogens is 208 g/mol. The molecule has 1 heterocycles. The molecule has 1 nitrogen and oxygen atoms in total. The van der Waals surface area contributed by atoms with Crippen LogP contribution in [0.1, 0.15) is 24.0 Å². The van der Waals surface area contributed by atoms with E-state index in [2.05, 4.69) is 42.5 Å². The van der Waals surface area contributed by atoms with Crippen molar-refractivity contribution in [1.82, 2.24) is 0 Å². The number of rotatable bonds is 0. The third-order valence-electron chi connectivity index (χ3n) is 4.26. The Labute approximate surface area is 101 Å². The van der Waals surface area contributed by atoms with E-state index in [4.69, 9.17) is 4.74 Å². The zero-order chi connectivity index (χ0) is 11.3. The lowest BCUT2D eigenvalue weighted by Crippen LogP contribution is -2.47. The lowest BCUT2D eigenvalue weighted by atomic mass is 9.63. The number of fused-ring (bicyclic) bond motifs is 2. The third kappa shape index (κ3) is 1.09. The minimum Gasteiger partial charge on any atom is -0.497 e. The van der Waals surface area contributed by atoms with Gasteiger partial charge in [0.2, 0.25) is 0 Å². The van der Waals surface area contributed by atoms with Crippen LogP contribution in [0.25, 0.3) is 5.57 Å². The second-order valence-corrected chi connectivity index (χ2v) is 5.04. The summed E-state index contributed by atoms with van der Waals surface area (Å²) in [6.07, 6.45) is 13.2. The number of hydrogen-bond donors (Lipinski definition) is 0. The highest BCUT2D eigenvalue weighted by Crippen LogP contribution is 2.54. The molecule has 1 aromatic rings. The third-order valence-corrected chi connectivity index (χ3v) is 4.26. The minimum atomic E-state index is 0.144. The van der Waals surface area contributed by atoms with Crippen molar-refractivity contribution in [2.24, 2.45) is 0 Å². The normalized spacial score (nSPS) is 36.0. The van der Waals surface area contributed by atoms with Gasteiger partial charge < -0.3 is 4.74 Å². The number of benzene rings is 1. The minimum absolute atomic E-state index is 0.144. The Kier molecular flexibility index (Phi) is 1.71. The molecule has 0 amide bonds. The van der Waals surface area contributed by atoms with Crippen LogP contribution in [-0.2, 0) is 10.2 Å². The van der Waals surface area contributed by atoms with Gasteiger partial charge >= 0.3 is 0 Å². The summed E-state index contributed by atoms with van der Waals surface area (Å²) in [5.74, 6) is 0. The van der Waals surface area contributed by atoms with E-state index >= 15 is 0 Å². The molecule has 1 aliphatic heterocycles. The monoisotopic (exact) mass is 222 g/mol. The largest absolute Gasteiger partial charge is 0.497 e. The summed E-state index contributed by atoms with van der Waals surface area (Å²) in [7, 11) is 0. The summed E-state index contributed by atoms with van der Waals surface area (Å²) in [5.41, 5.74) is 4.32. The van der Waals surface area contributed by atoms with Crippen molar-refractivity contribution in [3.05, 3.63) is 66.0 Å². The summed E-state index contributed by atoms with van der Waals surface area (Å²) in [6, 6.07) is 8.74. The first-order valence-corrected chi connectivity index (χ1v) is 6.22. The average Bonchev–Trinajstić information content (AvgIpc) is 2.71. The van der Waals surface area contributed by atoms with Gasteiger partial charge in [-0.1, -0.05) is 42.5 Å². The highest BCUT2D eigenvalue weighted by Gasteiger charge is 2.51. The summed E-state index contributed by atoms with van der Waals surface area (Å²) in [6.45, 7) is 0. The first kappa shape index (κ1) is 9.29. The molecule has 84 valence electrons. The molecule has 0 radical (unpaired) electrons. The van der Waals surface area contributed by atoms with Crippen molar-refractivity contribution in [1.29, 1.82) is 0 Å². The first-order chi connectivity index (χ1) is 8.40. The van der Waals surface area contributed by atoms with Crippen molar-refractivity contribution >= 4 is 5.57 Å². The Morgan fingerprint density at radius 2 is 2.12 bits per heavy atom. The molecular formula is C16H14O. The Balaban J connectivity index is 1.97. The van der Waals surface area contributed by atoms with Crippen LogP contribution in [0.4, 0.5) is 0 Å². The van der Waals surface area contributed by atoms with E-state index < -0.39 is 0 Å². The standard InChI is InChI=1S/C16H14O/c1-2-7-14-13(6-1)12-5-3-4-10-17-15-8-9-16(14,15)11-12/h1-7,10-11,15H,8-9H2/b5-3-,10-4+/t15-,16?/m1/s1. The average molecular weight is 222 g/mol. The van der Waals surface area contributed by atoms with Gasteiger partial charge in [0, 0.05) is 0 Å². The molecule has 0 N–H and O–H groups in total. The summed E-state index contributed by atoms with van der Waals surface area (Å²) in [5, 5.41) is 0. The van der Waals surface area contributed by atoms with Crippen molar-refractivity contribution in [3.8, 4) is 0 Å². The molecule has 1 fully saturated rings. The van der Waals surface area contributed by atoms with Crippen LogP contribution in [0.15, 0.2) is 54.8 Å². The predicted molar refractivity (Wildman–Crippen MR) is 68.5 cm³/mol. The van der Waals surface area contributed by atoms with E-state index in [-0.39, 0.29) is 5.41 Å². The SMILES string of the molecule is C1=C2/C=C\C=C\O[C@@H]3CCC13c1ccccc12. The van der Waals surface area contributed by atoms with Crippen molar-refractivity contribution in [2.45, 2.75) is 24.4 Å². The van der Waals surface area contributed by atoms with Crippen LogP contribution in [0.3, 0.4) is 0 Å². The van der Waals surface area contributed by atoms with E-state index in [0.29, 0.717) is 6.10 Å². The second kappa shape index (κ2) is 3.13. The van der Waals surface area contributed by atoms with Crippen LogP contribution in [0, 0.1) is 0 Å². The highest BCUT2D eigenvalue weighted by atomic mass is 16.5. The summed E-state index contributed by atoms with van der Waals surface area (Å²) in [4.78, 5) is 0. The Morgan fingerprint density at radius 1 is 1.18 bits per heavy atom. The molecule has 0 aromatic heterocycles. The van der Waals surface area contributed by atoms with Gasteiger partial charge in [-0.3, -0.25) is 0 Å². The molecule has 1 unspecified atom stereocenters. The van der Waals surface area contributed by atoms with E-state index in [0.717, 1.165) is 6.42 Å². The van der Waals surface area contributed by atoms with Gasteiger partial charge in [-0.15, -0.1) is 0 Å². The zero-order valence-electron chi connectivity index (χ0n) is 9.60. The van der Waals surface area contributed by atoms with Crippen LogP contribution < -0.4 is 0 Å². The Hall–Kier alpha value is -1.76. The molecule has 17 heavy (non-hydrogen) atoms. The Bertz CT molecular complexity index is 565. The molecule has 1 spiro atoms. The molecule has 1 aromatic carbocycles. The Morgan fingerprint density at radius 3 is 3.00 bits per heavy atom. The molecule has 2 atom stereocenters. The van der Waals surface area contributed by atoms with Gasteiger partial charge in [-0.25, -0.2) is 0 Å². The van der Waals surface area contributed by atoms with Crippen LogP contribution >= 0.6 is 0 Å². The van der Waals surface area contributed by atoms with Gasteiger partial charge in [-0.05, 0) is 35.6 Å². The molecule has 4 rings (SSSR count). The van der Waals surface area contributed by atoms with Crippen molar-refractivity contribution < 1.29 is 4.74 Å². The van der Waals surface area contributed by atoms with Gasteiger partial charge in [0.25, 0.3) is 0 Å². The highest BCUT2D eigenvalue weighted by molar-refractivity contribution is 5.83. The maximum atomic E-state index is 5.86. The topological polar surface area (TPSA) is 9.23 Å². The molecule has 2 bridgehead atoms. The molecule has 1 heteroatoms. The summed E-state index contributed by atoms with van der Waals surface area (Å²) < 4.78 is 5.86. The van der Waals surface area contributed by atoms with E-state index in [1.54, 1.807) is 0 Å². The summed E-state index contributed by atoms with van der Waals surface area (Å²) >= 11 is 0. The van der Waals surface area contributed by atoms with Crippen LogP contribution in [0.2, 0.25) is 0 Å². The van der Waals surface area contributed by atoms with Crippen LogP contribution in [-0.4, -0.2) is 6.10 Å². The van der Waals surface area contributed by atoms with Crippen LogP contribution in [0.5, 0.6) is 0 Å². The first-order valence-electron chi connectivity index (χ1n) is 6.22. The van der Waals surface area contributed by atoms with Gasteiger partial charge in [0.1, 0.15) is 6.10 Å². The number of allylic oxidation sites excluding steroid dienone is 4. The maximum absolute atomic E-state index is 5.86.